The van der Waals surface area contributed by atoms with Crippen molar-refractivity contribution in [1.82, 2.24) is 20.0 Å². The van der Waals surface area contributed by atoms with Gasteiger partial charge >= 0.3 is 6.09 Å². The summed E-state index contributed by atoms with van der Waals surface area (Å²) >= 11 is 0. The highest BCUT2D eigenvalue weighted by Gasteiger charge is 2.30. The van der Waals surface area contributed by atoms with Crippen molar-refractivity contribution in [2.75, 3.05) is 52.9 Å². The molecule has 2 fully saturated rings. The number of carbonyl (C=O) groups excluding carboxylic acids is 1. The summed E-state index contributed by atoms with van der Waals surface area (Å²) in [7, 11) is 1.84. The Morgan fingerprint density at radius 2 is 1.89 bits per heavy atom. The second-order valence-electron chi connectivity index (χ2n) is 8.57. The van der Waals surface area contributed by atoms with Crippen LogP contribution in [-0.2, 0) is 4.74 Å². The monoisotopic (exact) mass is 509 g/mol. The molecule has 8 heteroatoms. The number of hydrogen-bond donors (Lipinski definition) is 1. The molecule has 0 saturated carbocycles. The molecule has 1 atom stereocenters. The van der Waals surface area contributed by atoms with E-state index in [0.717, 1.165) is 25.5 Å². The van der Waals surface area contributed by atoms with E-state index in [1.54, 1.807) is 4.90 Å². The summed E-state index contributed by atoms with van der Waals surface area (Å²) in [5, 5.41) is 3.44. The molecule has 2 aliphatic heterocycles. The molecule has 28 heavy (non-hydrogen) atoms. The Morgan fingerprint density at radius 1 is 1.21 bits per heavy atom. The molecule has 164 valence electrons. The quantitative estimate of drug-likeness (QED) is 0.339. The molecule has 2 heterocycles. The van der Waals surface area contributed by atoms with E-state index in [4.69, 9.17) is 4.74 Å². The van der Waals surface area contributed by atoms with Crippen LogP contribution in [0.2, 0.25) is 0 Å². The summed E-state index contributed by atoms with van der Waals surface area (Å²) in [5.41, 5.74) is -0.466. The predicted molar refractivity (Wildman–Crippen MR) is 126 cm³/mol. The van der Waals surface area contributed by atoms with Crippen molar-refractivity contribution in [3.8, 4) is 0 Å². The number of guanidine groups is 1. The highest BCUT2D eigenvalue weighted by atomic mass is 127. The first-order chi connectivity index (χ1) is 12.8. The number of hydrogen-bond acceptors (Lipinski definition) is 4. The van der Waals surface area contributed by atoms with E-state index in [2.05, 4.69) is 27.0 Å². The van der Waals surface area contributed by atoms with Crippen LogP contribution < -0.4 is 5.32 Å². The van der Waals surface area contributed by atoms with Gasteiger partial charge in [0.2, 0.25) is 0 Å². The summed E-state index contributed by atoms with van der Waals surface area (Å²) in [6.45, 7) is 14.4. The molecule has 2 rings (SSSR count). The van der Waals surface area contributed by atoms with Crippen LogP contribution in [0.25, 0.3) is 0 Å². The highest BCUT2D eigenvalue weighted by Crippen LogP contribution is 2.20. The van der Waals surface area contributed by atoms with Crippen molar-refractivity contribution in [3.63, 3.8) is 0 Å². The van der Waals surface area contributed by atoms with Gasteiger partial charge in [0.25, 0.3) is 0 Å². The summed E-state index contributed by atoms with van der Waals surface area (Å²) in [6, 6.07) is 0.657. The van der Waals surface area contributed by atoms with Crippen LogP contribution in [0.3, 0.4) is 0 Å². The lowest BCUT2D eigenvalue weighted by Gasteiger charge is -2.28. The first kappa shape index (κ1) is 25.3. The van der Waals surface area contributed by atoms with Crippen molar-refractivity contribution in [3.05, 3.63) is 0 Å². The molecule has 0 aliphatic carbocycles. The van der Waals surface area contributed by atoms with Gasteiger partial charge in [-0.05, 0) is 59.5 Å². The Kier molecular flexibility index (Phi) is 10.9. The molecular weight excluding hydrogens is 469 g/mol. The molecular formula is C20H40IN5O2. The van der Waals surface area contributed by atoms with E-state index in [1.165, 1.54) is 32.4 Å². The lowest BCUT2D eigenvalue weighted by Crippen LogP contribution is -2.46. The van der Waals surface area contributed by atoms with E-state index < -0.39 is 5.60 Å². The van der Waals surface area contributed by atoms with Gasteiger partial charge in [-0.2, -0.15) is 0 Å². The van der Waals surface area contributed by atoms with Gasteiger partial charge < -0.3 is 19.9 Å². The molecule has 0 aromatic carbocycles. The van der Waals surface area contributed by atoms with Gasteiger partial charge in [0.05, 0.1) is 0 Å². The number of aliphatic imine (C=N–C) groups is 1. The van der Waals surface area contributed by atoms with Crippen molar-refractivity contribution in [1.29, 1.82) is 0 Å². The lowest BCUT2D eigenvalue weighted by atomic mass is 10.2. The summed E-state index contributed by atoms with van der Waals surface area (Å²) in [6.07, 6.45) is 4.55. The van der Waals surface area contributed by atoms with Crippen LogP contribution in [-0.4, -0.2) is 91.3 Å². The molecule has 1 unspecified atom stereocenters. The number of carbonyl (C=O) groups is 1. The third kappa shape index (κ3) is 7.93. The minimum Gasteiger partial charge on any atom is -0.444 e. The zero-order chi connectivity index (χ0) is 19.9. The van der Waals surface area contributed by atoms with E-state index in [1.807, 2.05) is 27.8 Å². The first-order valence-corrected chi connectivity index (χ1v) is 10.5. The van der Waals surface area contributed by atoms with Gasteiger partial charge in [-0.25, -0.2) is 4.79 Å². The Labute approximate surface area is 188 Å². The number of nitrogens with zero attached hydrogens (tertiary/aromatic N) is 4. The maximum atomic E-state index is 12.4. The SMILES string of the molecule is CCCN(CCNC(=NC)N1CCC(N2CCCC2)C1)C(=O)OC(C)(C)C.I. The minimum atomic E-state index is -0.466. The second kappa shape index (κ2) is 12.0. The Balaban J connectivity index is 0.00000392. The van der Waals surface area contributed by atoms with Gasteiger partial charge in [-0.3, -0.25) is 9.89 Å². The first-order valence-electron chi connectivity index (χ1n) is 10.5. The molecule has 0 radical (unpaired) electrons. The van der Waals surface area contributed by atoms with Crippen LogP contribution >= 0.6 is 24.0 Å². The molecule has 0 bridgehead atoms. The van der Waals surface area contributed by atoms with Gasteiger partial charge in [0.15, 0.2) is 5.96 Å². The van der Waals surface area contributed by atoms with Gasteiger partial charge in [0.1, 0.15) is 5.60 Å². The molecule has 7 nitrogen and oxygen atoms in total. The molecule has 0 aromatic rings. The average molecular weight is 509 g/mol. The van der Waals surface area contributed by atoms with Crippen LogP contribution in [0, 0.1) is 0 Å². The predicted octanol–water partition coefficient (Wildman–Crippen LogP) is 3.00. The van der Waals surface area contributed by atoms with E-state index in [-0.39, 0.29) is 30.1 Å². The number of likely N-dealkylation sites (tertiary alicyclic amines) is 2. The van der Waals surface area contributed by atoms with Crippen LogP contribution in [0.1, 0.15) is 53.4 Å². The zero-order valence-electron chi connectivity index (χ0n) is 18.4. The van der Waals surface area contributed by atoms with Crippen LogP contribution in [0.5, 0.6) is 0 Å². The number of amides is 1. The fraction of sp³-hybridized carbons (Fsp3) is 0.900. The molecule has 0 aromatic heterocycles. The van der Waals surface area contributed by atoms with Gasteiger partial charge in [0, 0.05) is 45.8 Å². The van der Waals surface area contributed by atoms with Crippen molar-refractivity contribution < 1.29 is 9.53 Å². The average Bonchev–Trinajstić information content (AvgIpc) is 3.27. The van der Waals surface area contributed by atoms with E-state index in [0.29, 0.717) is 25.7 Å². The largest absolute Gasteiger partial charge is 0.444 e. The summed E-state index contributed by atoms with van der Waals surface area (Å²) in [4.78, 5) is 23.6. The maximum Gasteiger partial charge on any atom is 0.410 e. The maximum absolute atomic E-state index is 12.4. The summed E-state index contributed by atoms with van der Waals surface area (Å²) < 4.78 is 5.52. The summed E-state index contributed by atoms with van der Waals surface area (Å²) in [5.74, 6) is 0.942. The number of ether oxygens (including phenoxy) is 1. The molecule has 2 saturated heterocycles. The number of nitrogens with one attached hydrogen (secondary N) is 1. The fourth-order valence-corrected chi connectivity index (χ4v) is 3.86. The van der Waals surface area contributed by atoms with Crippen molar-refractivity contribution in [2.45, 2.75) is 65.0 Å². The van der Waals surface area contributed by atoms with Crippen molar-refractivity contribution in [2.24, 2.45) is 4.99 Å². The molecule has 1 N–H and O–H groups in total. The third-order valence-electron chi connectivity index (χ3n) is 5.14. The zero-order valence-corrected chi connectivity index (χ0v) is 20.7. The van der Waals surface area contributed by atoms with Crippen LogP contribution in [0.4, 0.5) is 4.79 Å². The van der Waals surface area contributed by atoms with E-state index in [9.17, 15) is 4.79 Å². The highest BCUT2D eigenvalue weighted by molar-refractivity contribution is 14.0. The Bertz CT molecular complexity index is 503. The Hall–Kier alpha value is -0.770. The van der Waals surface area contributed by atoms with Crippen LogP contribution in [0.15, 0.2) is 4.99 Å². The normalized spacial score (nSPS) is 20.8. The Morgan fingerprint density at radius 3 is 2.46 bits per heavy atom. The molecule has 0 spiro atoms. The van der Waals surface area contributed by atoms with Gasteiger partial charge in [-0.1, -0.05) is 6.92 Å². The number of rotatable bonds is 6. The minimum absolute atomic E-state index is 0. The fourth-order valence-electron chi connectivity index (χ4n) is 3.86. The standard InChI is InChI=1S/C20H39N5O2.HI/c1-6-11-24(19(26)27-20(2,3)4)15-10-22-18(21-5)25-14-9-17(16-25)23-12-7-8-13-23;/h17H,6-16H2,1-5H3,(H,21,22);1H. The van der Waals surface area contributed by atoms with E-state index >= 15 is 0 Å². The smallest absolute Gasteiger partial charge is 0.410 e. The lowest BCUT2D eigenvalue weighted by molar-refractivity contribution is 0.0253. The number of halogens is 1. The third-order valence-corrected chi connectivity index (χ3v) is 5.14. The second-order valence-corrected chi connectivity index (χ2v) is 8.57. The van der Waals surface area contributed by atoms with Gasteiger partial charge in [-0.15, -0.1) is 24.0 Å². The molecule has 2 aliphatic rings. The topological polar surface area (TPSA) is 60.4 Å². The molecule has 1 amide bonds. The van der Waals surface area contributed by atoms with Crippen molar-refractivity contribution >= 4 is 36.0 Å².